The van der Waals surface area contributed by atoms with Crippen LogP contribution in [0.1, 0.15) is 12.0 Å². The number of carbonyl (C=O) groups is 3. The van der Waals surface area contributed by atoms with Crippen LogP contribution in [0.3, 0.4) is 0 Å². The third-order valence-corrected chi connectivity index (χ3v) is 6.58. The minimum Gasteiger partial charge on any atom is -0.273 e. The van der Waals surface area contributed by atoms with Crippen LogP contribution in [0.4, 0.5) is 0 Å². The van der Waals surface area contributed by atoms with Gasteiger partial charge in [0.15, 0.2) is 0 Å². The lowest BCUT2D eigenvalue weighted by atomic mass is 9.63. The molecule has 3 amide bonds. The van der Waals surface area contributed by atoms with Gasteiger partial charge in [0, 0.05) is 0 Å². The van der Waals surface area contributed by atoms with E-state index in [4.69, 9.17) is 0 Å². The Bertz CT molecular complexity index is 705. The number of carbonyl (C=O) groups excluding carboxylic acids is 3. The van der Waals surface area contributed by atoms with Gasteiger partial charge in [0.25, 0.3) is 11.8 Å². The SMILES string of the molecule is O=C(Cc1ccsc1)NN1C(=O)[C@@H]2C3C=CC(C4CC43)[C@@H]2C1=O. The smallest absolute Gasteiger partial charge is 0.252 e. The van der Waals surface area contributed by atoms with E-state index in [9.17, 15) is 14.4 Å². The largest absolute Gasteiger partial charge is 0.273 e. The van der Waals surface area contributed by atoms with Crippen molar-refractivity contribution in [1.29, 1.82) is 0 Å². The second kappa shape index (κ2) is 4.54. The molecule has 0 aromatic carbocycles. The highest BCUT2D eigenvalue weighted by Crippen LogP contribution is 2.65. The molecule has 2 bridgehead atoms. The molecule has 2 heterocycles. The molecular weight excluding hydrogens is 312 g/mol. The van der Waals surface area contributed by atoms with Gasteiger partial charge in [-0.2, -0.15) is 16.3 Å². The van der Waals surface area contributed by atoms with E-state index in [0.717, 1.165) is 17.0 Å². The lowest BCUT2D eigenvalue weighted by molar-refractivity contribution is -0.149. The topological polar surface area (TPSA) is 66.5 Å². The molecule has 5 aliphatic rings. The summed E-state index contributed by atoms with van der Waals surface area (Å²) in [5, 5.41) is 4.80. The summed E-state index contributed by atoms with van der Waals surface area (Å²) in [7, 11) is 0. The molecule has 1 N–H and O–H groups in total. The minimum atomic E-state index is -0.311. The molecule has 23 heavy (non-hydrogen) atoms. The Kier molecular flexibility index (Phi) is 2.66. The average molecular weight is 328 g/mol. The number of hydrazine groups is 1. The monoisotopic (exact) mass is 328 g/mol. The molecule has 1 saturated heterocycles. The van der Waals surface area contributed by atoms with Crippen LogP contribution in [0, 0.1) is 35.5 Å². The van der Waals surface area contributed by atoms with Crippen molar-refractivity contribution in [2.24, 2.45) is 35.5 Å². The lowest BCUT2D eigenvalue weighted by Crippen LogP contribution is -2.47. The van der Waals surface area contributed by atoms with Gasteiger partial charge >= 0.3 is 0 Å². The second-order valence-corrected chi connectivity index (χ2v) is 7.79. The van der Waals surface area contributed by atoms with Gasteiger partial charge in [0.1, 0.15) is 0 Å². The van der Waals surface area contributed by atoms with Crippen molar-refractivity contribution >= 4 is 29.1 Å². The van der Waals surface area contributed by atoms with E-state index in [2.05, 4.69) is 17.6 Å². The molecule has 4 aliphatic carbocycles. The molecule has 4 unspecified atom stereocenters. The van der Waals surface area contributed by atoms with Crippen LogP contribution in [0.25, 0.3) is 0 Å². The quantitative estimate of drug-likeness (QED) is 0.673. The van der Waals surface area contributed by atoms with Crippen molar-refractivity contribution < 1.29 is 14.4 Å². The van der Waals surface area contributed by atoms with E-state index >= 15 is 0 Å². The molecule has 1 aliphatic heterocycles. The van der Waals surface area contributed by atoms with E-state index in [1.54, 1.807) is 0 Å². The van der Waals surface area contributed by atoms with Gasteiger partial charge in [-0.3, -0.25) is 19.8 Å². The number of hydrogen-bond acceptors (Lipinski definition) is 4. The zero-order chi connectivity index (χ0) is 15.7. The van der Waals surface area contributed by atoms with Gasteiger partial charge in [-0.05, 0) is 52.5 Å². The Morgan fingerprint density at radius 3 is 2.39 bits per heavy atom. The van der Waals surface area contributed by atoms with Crippen LogP contribution in [-0.2, 0) is 20.8 Å². The number of hydrogen-bond donors (Lipinski definition) is 1. The minimum absolute atomic E-state index is 0.185. The van der Waals surface area contributed by atoms with Crippen LogP contribution in [-0.4, -0.2) is 22.7 Å². The standard InChI is InChI=1S/C17H16N2O3S/c20-13(5-8-3-4-23-7-8)18-19-16(21)14-9-1-2-10(12-6-11(9)12)15(14)17(19)22/h1-4,7,9-12,14-15H,5-6H2,(H,18,20)/t9?,10?,11?,12?,14-,15+. The third-order valence-electron chi connectivity index (χ3n) is 5.84. The molecule has 3 fully saturated rings. The molecule has 0 radical (unpaired) electrons. The summed E-state index contributed by atoms with van der Waals surface area (Å²) in [5.74, 6) is 0.246. The lowest BCUT2D eigenvalue weighted by Gasteiger charge is -2.37. The fourth-order valence-corrected chi connectivity index (χ4v) is 5.48. The summed E-state index contributed by atoms with van der Waals surface area (Å²) in [4.78, 5) is 37.5. The molecule has 1 aromatic rings. The van der Waals surface area contributed by atoms with Crippen molar-refractivity contribution in [1.82, 2.24) is 10.4 Å². The highest BCUT2D eigenvalue weighted by Gasteiger charge is 2.67. The number of allylic oxidation sites excluding steroid dienone is 2. The number of rotatable bonds is 3. The van der Waals surface area contributed by atoms with E-state index in [0.29, 0.717) is 11.8 Å². The van der Waals surface area contributed by atoms with Gasteiger partial charge in [-0.15, -0.1) is 0 Å². The van der Waals surface area contributed by atoms with E-state index < -0.39 is 0 Å². The van der Waals surface area contributed by atoms with Crippen LogP contribution in [0.2, 0.25) is 0 Å². The molecule has 118 valence electrons. The van der Waals surface area contributed by atoms with E-state index in [-0.39, 0.29) is 47.8 Å². The Hall–Kier alpha value is -1.95. The molecule has 2 saturated carbocycles. The number of nitrogens with one attached hydrogen (secondary N) is 1. The summed E-state index contributed by atoms with van der Waals surface area (Å²) < 4.78 is 0. The van der Waals surface area contributed by atoms with Gasteiger partial charge in [-0.25, -0.2) is 0 Å². The van der Waals surface area contributed by atoms with Crippen molar-refractivity contribution in [3.05, 3.63) is 34.5 Å². The average Bonchev–Trinajstić information content (AvgIpc) is 3.17. The highest BCUT2D eigenvalue weighted by atomic mass is 32.1. The van der Waals surface area contributed by atoms with Gasteiger partial charge in [0.2, 0.25) is 5.91 Å². The molecular formula is C17H16N2O3S. The fourth-order valence-electron chi connectivity index (χ4n) is 4.81. The van der Waals surface area contributed by atoms with Crippen molar-refractivity contribution in [3.63, 3.8) is 0 Å². The van der Waals surface area contributed by atoms with Gasteiger partial charge in [0.05, 0.1) is 18.3 Å². The van der Waals surface area contributed by atoms with Crippen molar-refractivity contribution in [2.45, 2.75) is 12.8 Å². The van der Waals surface area contributed by atoms with Crippen LogP contribution in [0.5, 0.6) is 0 Å². The Morgan fingerprint density at radius 1 is 1.17 bits per heavy atom. The summed E-state index contributed by atoms with van der Waals surface area (Å²) in [6.07, 6.45) is 5.58. The first-order valence-electron chi connectivity index (χ1n) is 8.02. The van der Waals surface area contributed by atoms with Crippen LogP contribution >= 0.6 is 11.3 Å². The van der Waals surface area contributed by atoms with E-state index in [1.165, 1.54) is 11.3 Å². The summed E-state index contributed by atoms with van der Waals surface area (Å²) in [5.41, 5.74) is 3.44. The molecule has 0 spiro atoms. The van der Waals surface area contributed by atoms with E-state index in [1.807, 2.05) is 16.8 Å². The highest BCUT2D eigenvalue weighted by molar-refractivity contribution is 7.08. The van der Waals surface area contributed by atoms with Crippen molar-refractivity contribution in [3.8, 4) is 0 Å². The number of thiophene rings is 1. The van der Waals surface area contributed by atoms with Gasteiger partial charge in [-0.1, -0.05) is 12.2 Å². The first-order chi connectivity index (χ1) is 11.1. The van der Waals surface area contributed by atoms with Crippen molar-refractivity contribution in [2.75, 3.05) is 0 Å². The predicted molar refractivity (Wildman–Crippen MR) is 82.7 cm³/mol. The molecule has 6 atom stereocenters. The van der Waals surface area contributed by atoms with Crippen LogP contribution < -0.4 is 5.43 Å². The number of imide groups is 1. The first-order valence-corrected chi connectivity index (χ1v) is 8.96. The molecule has 1 aromatic heterocycles. The maximum Gasteiger partial charge on any atom is 0.252 e. The maximum atomic E-state index is 12.7. The Labute approximate surface area is 137 Å². The Morgan fingerprint density at radius 2 is 1.83 bits per heavy atom. The second-order valence-electron chi connectivity index (χ2n) is 7.01. The molecule has 6 heteroatoms. The molecule has 6 rings (SSSR count). The fraction of sp³-hybridized carbons (Fsp3) is 0.471. The van der Waals surface area contributed by atoms with Gasteiger partial charge < -0.3 is 0 Å². The molecule has 5 nitrogen and oxygen atoms in total. The maximum absolute atomic E-state index is 12.7. The summed E-state index contributed by atoms with van der Waals surface area (Å²) in [6.45, 7) is 0. The zero-order valence-electron chi connectivity index (χ0n) is 12.3. The Balaban J connectivity index is 1.36. The summed E-state index contributed by atoms with van der Waals surface area (Å²) in [6, 6.07) is 1.87. The number of amides is 3. The van der Waals surface area contributed by atoms with Crippen LogP contribution in [0.15, 0.2) is 29.0 Å². The third kappa shape index (κ3) is 1.81. The summed E-state index contributed by atoms with van der Waals surface area (Å²) >= 11 is 1.52. The number of nitrogens with zero attached hydrogens (tertiary/aromatic N) is 1. The predicted octanol–water partition coefficient (Wildman–Crippen LogP) is 1.37. The zero-order valence-corrected chi connectivity index (χ0v) is 13.2. The normalized spacial score (nSPS) is 39.4. The first kappa shape index (κ1) is 13.5.